The zero-order valence-electron chi connectivity index (χ0n) is 35.2. The zero-order chi connectivity index (χ0) is 41.4. The predicted molar refractivity (Wildman–Crippen MR) is 256 cm³/mol. The molecule has 0 radical (unpaired) electrons. The minimum absolute atomic E-state index is 0.132. The van der Waals surface area contributed by atoms with E-state index in [4.69, 9.17) is 4.74 Å². The van der Waals surface area contributed by atoms with E-state index in [2.05, 4.69) is 224 Å². The zero-order valence-corrected chi connectivity index (χ0v) is 35.2. The quantitative estimate of drug-likeness (QED) is 0.163. The maximum absolute atomic E-state index is 6.52. The first-order valence-corrected chi connectivity index (χ1v) is 22.2. The van der Waals surface area contributed by atoms with Gasteiger partial charge in [0, 0.05) is 27.9 Å². The molecule has 1 heterocycles. The molecule has 300 valence electrons. The van der Waals surface area contributed by atoms with Crippen LogP contribution in [0.2, 0.25) is 0 Å². The fourth-order valence-corrected chi connectivity index (χ4v) is 11.4. The van der Waals surface area contributed by atoms with Gasteiger partial charge in [-0.2, -0.15) is 0 Å². The molecule has 0 bridgehead atoms. The summed E-state index contributed by atoms with van der Waals surface area (Å²) < 4.78 is 6.52. The van der Waals surface area contributed by atoms with E-state index in [0.717, 1.165) is 46.9 Å². The molecule has 3 unspecified atom stereocenters. The van der Waals surface area contributed by atoms with Crippen LogP contribution in [0.4, 0.5) is 22.7 Å². The third-order valence-corrected chi connectivity index (χ3v) is 14.3. The van der Waals surface area contributed by atoms with E-state index >= 15 is 0 Å². The van der Waals surface area contributed by atoms with Crippen LogP contribution in [0.15, 0.2) is 200 Å². The molecule has 0 aromatic heterocycles. The van der Waals surface area contributed by atoms with Crippen molar-refractivity contribution in [1.82, 2.24) is 0 Å². The predicted octanol–water partition coefficient (Wildman–Crippen LogP) is 15.3. The lowest BCUT2D eigenvalue weighted by Gasteiger charge is -2.40. The van der Waals surface area contributed by atoms with Crippen molar-refractivity contribution in [3.8, 4) is 39.1 Å². The van der Waals surface area contributed by atoms with Gasteiger partial charge < -0.3 is 15.0 Å². The lowest BCUT2D eigenvalue weighted by Crippen LogP contribution is -2.36. The summed E-state index contributed by atoms with van der Waals surface area (Å²) >= 11 is 0. The van der Waals surface area contributed by atoms with Crippen LogP contribution in [0.3, 0.4) is 0 Å². The maximum atomic E-state index is 6.52. The first-order valence-electron chi connectivity index (χ1n) is 22.2. The van der Waals surface area contributed by atoms with Gasteiger partial charge in [0.25, 0.3) is 0 Å². The van der Waals surface area contributed by atoms with Crippen LogP contribution in [0.5, 0.6) is 5.75 Å². The molecule has 3 aliphatic carbocycles. The Labute approximate surface area is 365 Å². The Hall–Kier alpha value is -7.10. The summed E-state index contributed by atoms with van der Waals surface area (Å²) in [6.45, 7) is 4.75. The van der Waals surface area contributed by atoms with Gasteiger partial charge in [0.2, 0.25) is 0 Å². The number of hydrogen-bond acceptors (Lipinski definition) is 3. The van der Waals surface area contributed by atoms with Crippen molar-refractivity contribution in [2.45, 2.75) is 50.2 Å². The molecule has 4 aliphatic rings. The van der Waals surface area contributed by atoms with E-state index < -0.39 is 0 Å². The highest BCUT2D eigenvalue weighted by Gasteiger charge is 2.50. The van der Waals surface area contributed by atoms with Crippen molar-refractivity contribution in [3.63, 3.8) is 0 Å². The Balaban J connectivity index is 1.06. The molecule has 1 aliphatic heterocycles. The van der Waals surface area contributed by atoms with Crippen molar-refractivity contribution in [1.29, 1.82) is 0 Å². The molecule has 8 aromatic rings. The van der Waals surface area contributed by atoms with Crippen molar-refractivity contribution in [2.75, 3.05) is 10.2 Å². The topological polar surface area (TPSA) is 24.5 Å². The number of fused-ring (bicyclic) bond motifs is 7. The van der Waals surface area contributed by atoms with Crippen molar-refractivity contribution < 1.29 is 4.74 Å². The summed E-state index contributed by atoms with van der Waals surface area (Å²) in [6, 6.07) is 69.7. The lowest BCUT2D eigenvalue weighted by molar-refractivity contribution is 0.260. The normalized spacial score (nSPS) is 19.6. The number of nitrogens with one attached hydrogen (secondary N) is 1. The third kappa shape index (κ3) is 5.50. The molecule has 0 spiro atoms. The number of benzene rings is 8. The summed E-state index contributed by atoms with van der Waals surface area (Å²) in [5.74, 6) is 1.18. The van der Waals surface area contributed by atoms with Gasteiger partial charge in [0.1, 0.15) is 5.75 Å². The number of nitrogens with zero attached hydrogens (tertiary/aromatic N) is 1. The van der Waals surface area contributed by atoms with Crippen molar-refractivity contribution in [2.24, 2.45) is 5.92 Å². The second-order valence-electron chi connectivity index (χ2n) is 17.9. The molecular weight excluding hydrogens is 753 g/mol. The molecule has 3 nitrogen and oxygen atoms in total. The van der Waals surface area contributed by atoms with Crippen LogP contribution < -0.4 is 15.0 Å². The van der Waals surface area contributed by atoms with Gasteiger partial charge in [-0.25, -0.2) is 0 Å². The molecule has 3 atom stereocenters. The fourth-order valence-electron chi connectivity index (χ4n) is 11.4. The fraction of sp³-hybridized carbons (Fsp3) is 0.153. The average molecular weight is 801 g/mol. The third-order valence-electron chi connectivity index (χ3n) is 14.3. The first-order chi connectivity index (χ1) is 30.5. The van der Waals surface area contributed by atoms with Gasteiger partial charge in [-0.05, 0) is 123 Å². The van der Waals surface area contributed by atoms with Crippen LogP contribution in [0.25, 0.3) is 33.4 Å². The van der Waals surface area contributed by atoms with Gasteiger partial charge >= 0.3 is 0 Å². The largest absolute Gasteiger partial charge is 0.464 e. The highest BCUT2D eigenvalue weighted by atomic mass is 16.5. The van der Waals surface area contributed by atoms with E-state index in [0.29, 0.717) is 0 Å². The molecule has 62 heavy (non-hydrogen) atoms. The summed E-state index contributed by atoms with van der Waals surface area (Å²) in [5.41, 5.74) is 19.5. The van der Waals surface area contributed by atoms with Crippen LogP contribution in [0.1, 0.15) is 72.7 Å². The van der Waals surface area contributed by atoms with Crippen molar-refractivity contribution >= 4 is 22.7 Å². The summed E-state index contributed by atoms with van der Waals surface area (Å²) in [6.07, 6.45) is 8.12. The average Bonchev–Trinajstić information content (AvgIpc) is 3.97. The van der Waals surface area contributed by atoms with E-state index in [1.807, 2.05) is 0 Å². The van der Waals surface area contributed by atoms with E-state index in [1.54, 1.807) is 0 Å². The van der Waals surface area contributed by atoms with Crippen LogP contribution in [-0.4, -0.2) is 0 Å². The Morgan fingerprint density at radius 3 is 1.98 bits per heavy atom. The van der Waals surface area contributed by atoms with E-state index in [-0.39, 0.29) is 23.0 Å². The minimum atomic E-state index is -0.390. The van der Waals surface area contributed by atoms with E-state index in [9.17, 15) is 0 Å². The molecule has 0 amide bonds. The van der Waals surface area contributed by atoms with Gasteiger partial charge in [0.15, 0.2) is 6.23 Å². The minimum Gasteiger partial charge on any atom is -0.464 e. The second kappa shape index (κ2) is 14.2. The maximum Gasteiger partial charge on any atom is 0.196 e. The smallest absolute Gasteiger partial charge is 0.196 e. The molecular formula is C59H48N2O. The number of ether oxygens (including phenoxy) is 1. The first kappa shape index (κ1) is 36.7. The summed E-state index contributed by atoms with van der Waals surface area (Å²) in [5, 5.41) is 3.74. The Kier molecular flexibility index (Phi) is 8.44. The summed E-state index contributed by atoms with van der Waals surface area (Å²) in [7, 11) is 0. The Bertz CT molecular complexity index is 3060. The number of allylic oxidation sites excluding steroid dienone is 2. The van der Waals surface area contributed by atoms with Crippen LogP contribution in [0, 0.1) is 5.92 Å². The highest BCUT2D eigenvalue weighted by Crippen LogP contribution is 2.60. The number of rotatable bonds is 7. The summed E-state index contributed by atoms with van der Waals surface area (Å²) in [4.78, 5) is 2.51. The van der Waals surface area contributed by atoms with Gasteiger partial charge in [-0.3, -0.25) is 0 Å². The number of anilines is 4. The number of hydrogen-bond donors (Lipinski definition) is 1. The van der Waals surface area contributed by atoms with Gasteiger partial charge in [0.05, 0.1) is 16.8 Å². The molecule has 8 aromatic carbocycles. The molecule has 3 heteroatoms. The molecule has 0 fully saturated rings. The van der Waals surface area contributed by atoms with Gasteiger partial charge in [-0.1, -0.05) is 172 Å². The van der Waals surface area contributed by atoms with Crippen LogP contribution in [-0.2, 0) is 10.8 Å². The van der Waals surface area contributed by atoms with Crippen molar-refractivity contribution in [3.05, 3.63) is 234 Å². The highest BCUT2D eigenvalue weighted by molar-refractivity contribution is 5.93. The SMILES string of the molecule is CC1(C)c2ccccc2-c2ccc(N(c3ccc4c(c3)-c3ccccc3C4(c3ccc4c(c3)NC(c3ccccc3)O4)C3C=CCCC3)c3ccccc3-c3ccccc3)cc21. The Morgan fingerprint density at radius 1 is 0.548 bits per heavy atom. The lowest BCUT2D eigenvalue weighted by atomic mass is 9.61. The number of para-hydroxylation sites is 1. The Morgan fingerprint density at radius 2 is 1.19 bits per heavy atom. The molecule has 0 saturated heterocycles. The standard InChI is InChI=1S/C59H48N2O/c1-58(2)50-27-15-12-25-46(50)48-33-31-44(38-53(48)58)61(55-29-17-14-24-45(55)39-18-6-3-7-19-39)43-32-34-52-49(37-43)47-26-13-16-28-51(47)59(52,41-22-10-5-11-23-41)42-30-35-56-54(36-42)60-57(62-56)40-20-8-4-9-21-40/h3-4,6-10,12-22,24-38,41,57,60H,5,11,23H2,1-2H3. The molecule has 0 saturated carbocycles. The van der Waals surface area contributed by atoms with E-state index in [1.165, 1.54) is 67.6 Å². The van der Waals surface area contributed by atoms with Gasteiger partial charge in [-0.15, -0.1) is 0 Å². The second-order valence-corrected chi connectivity index (χ2v) is 17.9. The van der Waals surface area contributed by atoms with Crippen LogP contribution >= 0.6 is 0 Å². The monoisotopic (exact) mass is 800 g/mol. The molecule has 12 rings (SSSR count). The molecule has 1 N–H and O–H groups in total.